The van der Waals surface area contributed by atoms with Gasteiger partial charge in [-0.15, -0.1) is 11.8 Å². The summed E-state index contributed by atoms with van der Waals surface area (Å²) in [6.45, 7) is 2.57. The average molecular weight is 235 g/mol. The van der Waals surface area contributed by atoms with Gasteiger partial charge >= 0.3 is 0 Å². The summed E-state index contributed by atoms with van der Waals surface area (Å²) in [6, 6.07) is 9.82. The highest BCUT2D eigenvalue weighted by Crippen LogP contribution is 2.29. The summed E-state index contributed by atoms with van der Waals surface area (Å²) in [5.41, 5.74) is 0.802. The number of rotatable bonds is 5. The van der Waals surface area contributed by atoms with Gasteiger partial charge in [0.1, 0.15) is 24.3 Å². The second-order valence-corrected chi connectivity index (χ2v) is 4.47. The molecule has 0 atom stereocenters. The van der Waals surface area contributed by atoms with Gasteiger partial charge in [0.25, 0.3) is 0 Å². The number of hydrogen-bond acceptors (Lipinski definition) is 4. The highest BCUT2D eigenvalue weighted by molar-refractivity contribution is 7.99. The molecular formula is C12H13NO2S. The number of benzene rings is 1. The molecular weight excluding hydrogens is 222 g/mol. The molecule has 0 aliphatic rings. The van der Waals surface area contributed by atoms with E-state index in [9.17, 15) is 0 Å². The number of ether oxygens (including phenoxy) is 1. The quantitative estimate of drug-likeness (QED) is 0.744. The van der Waals surface area contributed by atoms with Gasteiger partial charge in [-0.2, -0.15) is 0 Å². The van der Waals surface area contributed by atoms with Crippen molar-refractivity contribution in [2.75, 3.05) is 5.75 Å². The molecule has 2 rings (SSSR count). The molecule has 0 spiro atoms. The van der Waals surface area contributed by atoms with Gasteiger partial charge in [0.2, 0.25) is 0 Å². The smallest absolute Gasteiger partial charge is 0.134 e. The molecule has 0 saturated heterocycles. The topological polar surface area (TPSA) is 35.3 Å². The standard InChI is InChI=1S/C12H13NO2S/c1-2-16-12-6-4-3-5-11(12)14-9-10-7-8-15-13-10/h3-8H,2,9H2,1H3. The van der Waals surface area contributed by atoms with Gasteiger partial charge in [-0.25, -0.2) is 0 Å². The van der Waals surface area contributed by atoms with Crippen molar-refractivity contribution in [3.05, 3.63) is 42.3 Å². The highest BCUT2D eigenvalue weighted by atomic mass is 32.2. The third kappa shape index (κ3) is 2.79. The van der Waals surface area contributed by atoms with E-state index in [0.29, 0.717) is 6.61 Å². The van der Waals surface area contributed by atoms with E-state index in [1.54, 1.807) is 24.1 Å². The molecule has 0 aliphatic heterocycles. The summed E-state index contributed by atoms with van der Waals surface area (Å²) in [5, 5.41) is 3.80. The van der Waals surface area contributed by atoms with Crippen LogP contribution in [0.15, 0.2) is 46.0 Å². The van der Waals surface area contributed by atoms with Crippen LogP contribution in [0.1, 0.15) is 12.6 Å². The van der Waals surface area contributed by atoms with Gasteiger partial charge in [0, 0.05) is 11.0 Å². The van der Waals surface area contributed by atoms with Crippen molar-refractivity contribution in [3.63, 3.8) is 0 Å². The van der Waals surface area contributed by atoms with Crippen LogP contribution in [-0.4, -0.2) is 10.9 Å². The van der Waals surface area contributed by atoms with E-state index in [1.165, 1.54) is 0 Å². The second kappa shape index (κ2) is 5.61. The van der Waals surface area contributed by atoms with Crippen LogP contribution in [0.25, 0.3) is 0 Å². The molecule has 3 nitrogen and oxygen atoms in total. The van der Waals surface area contributed by atoms with Crippen molar-refractivity contribution in [1.82, 2.24) is 5.16 Å². The molecule has 0 aliphatic carbocycles. The lowest BCUT2D eigenvalue weighted by Crippen LogP contribution is -1.96. The monoisotopic (exact) mass is 235 g/mol. The molecule has 0 saturated carbocycles. The van der Waals surface area contributed by atoms with Gasteiger partial charge in [-0.1, -0.05) is 24.2 Å². The number of para-hydroxylation sites is 1. The molecule has 0 amide bonds. The van der Waals surface area contributed by atoms with Crippen LogP contribution in [0.5, 0.6) is 5.75 Å². The van der Waals surface area contributed by atoms with E-state index in [0.717, 1.165) is 22.1 Å². The Labute approximate surface area is 98.8 Å². The number of nitrogens with zero attached hydrogens (tertiary/aromatic N) is 1. The van der Waals surface area contributed by atoms with Crippen LogP contribution in [0.4, 0.5) is 0 Å². The van der Waals surface area contributed by atoms with Crippen molar-refractivity contribution in [2.24, 2.45) is 0 Å². The Hall–Kier alpha value is -1.42. The Morgan fingerprint density at radius 2 is 2.19 bits per heavy atom. The number of thioether (sulfide) groups is 1. The normalized spacial score (nSPS) is 10.3. The minimum atomic E-state index is 0.442. The summed E-state index contributed by atoms with van der Waals surface area (Å²) >= 11 is 1.77. The Bertz CT molecular complexity index is 428. The summed E-state index contributed by atoms with van der Waals surface area (Å²) in [5.74, 6) is 1.93. The fraction of sp³-hybridized carbons (Fsp3) is 0.250. The molecule has 4 heteroatoms. The van der Waals surface area contributed by atoms with E-state index < -0.39 is 0 Å². The Kier molecular flexibility index (Phi) is 3.88. The van der Waals surface area contributed by atoms with E-state index in [4.69, 9.17) is 9.26 Å². The van der Waals surface area contributed by atoms with Crippen molar-refractivity contribution in [2.45, 2.75) is 18.4 Å². The second-order valence-electron chi connectivity index (χ2n) is 3.16. The average Bonchev–Trinajstić information content (AvgIpc) is 2.81. The maximum Gasteiger partial charge on any atom is 0.134 e. The van der Waals surface area contributed by atoms with Crippen LogP contribution in [0.3, 0.4) is 0 Å². The van der Waals surface area contributed by atoms with Crippen molar-refractivity contribution >= 4 is 11.8 Å². The highest BCUT2D eigenvalue weighted by Gasteiger charge is 2.04. The molecule has 84 valence electrons. The largest absolute Gasteiger partial charge is 0.486 e. The first kappa shape index (κ1) is 11.1. The molecule has 1 heterocycles. The van der Waals surface area contributed by atoms with Gasteiger partial charge in [0.05, 0.1) is 0 Å². The van der Waals surface area contributed by atoms with Gasteiger partial charge < -0.3 is 9.26 Å². The molecule has 0 radical (unpaired) electrons. The summed E-state index contributed by atoms with van der Waals surface area (Å²) in [4.78, 5) is 1.16. The zero-order valence-corrected chi connectivity index (χ0v) is 9.87. The Morgan fingerprint density at radius 3 is 2.94 bits per heavy atom. The summed E-state index contributed by atoms with van der Waals surface area (Å²) < 4.78 is 10.4. The minimum absolute atomic E-state index is 0.442. The molecule has 2 aromatic rings. The first-order valence-corrected chi connectivity index (χ1v) is 6.12. The lowest BCUT2D eigenvalue weighted by molar-refractivity contribution is 0.283. The third-order valence-corrected chi connectivity index (χ3v) is 2.95. The fourth-order valence-electron chi connectivity index (χ4n) is 1.31. The lowest BCUT2D eigenvalue weighted by atomic mass is 10.3. The number of hydrogen-bond donors (Lipinski definition) is 0. The maximum absolute atomic E-state index is 5.69. The Balaban J connectivity index is 2.03. The maximum atomic E-state index is 5.69. The van der Waals surface area contributed by atoms with Gasteiger partial charge in [-0.3, -0.25) is 0 Å². The zero-order chi connectivity index (χ0) is 11.2. The zero-order valence-electron chi connectivity index (χ0n) is 9.05. The molecule has 0 unspecified atom stereocenters. The van der Waals surface area contributed by atoms with Crippen molar-refractivity contribution in [1.29, 1.82) is 0 Å². The van der Waals surface area contributed by atoms with Crippen LogP contribution in [-0.2, 0) is 6.61 Å². The van der Waals surface area contributed by atoms with Crippen LogP contribution >= 0.6 is 11.8 Å². The van der Waals surface area contributed by atoms with E-state index in [1.807, 2.05) is 18.2 Å². The number of aromatic nitrogens is 1. The summed E-state index contributed by atoms with van der Waals surface area (Å²) in [7, 11) is 0. The van der Waals surface area contributed by atoms with E-state index in [-0.39, 0.29) is 0 Å². The van der Waals surface area contributed by atoms with E-state index >= 15 is 0 Å². The first-order valence-electron chi connectivity index (χ1n) is 5.14. The molecule has 0 N–H and O–H groups in total. The third-order valence-electron chi connectivity index (χ3n) is 2.02. The molecule has 1 aromatic carbocycles. The SMILES string of the molecule is CCSc1ccccc1OCc1ccon1. The van der Waals surface area contributed by atoms with Crippen molar-refractivity contribution in [3.8, 4) is 5.75 Å². The van der Waals surface area contributed by atoms with E-state index in [2.05, 4.69) is 18.1 Å². The summed E-state index contributed by atoms with van der Waals surface area (Å²) in [6.07, 6.45) is 1.55. The molecule has 1 aromatic heterocycles. The van der Waals surface area contributed by atoms with Crippen LogP contribution in [0.2, 0.25) is 0 Å². The molecule has 16 heavy (non-hydrogen) atoms. The van der Waals surface area contributed by atoms with Crippen LogP contribution < -0.4 is 4.74 Å². The predicted octanol–water partition coefficient (Wildman–Crippen LogP) is 3.37. The first-order chi connectivity index (χ1) is 7.90. The molecule has 0 bridgehead atoms. The van der Waals surface area contributed by atoms with Crippen LogP contribution in [0, 0.1) is 0 Å². The van der Waals surface area contributed by atoms with Crippen molar-refractivity contribution < 1.29 is 9.26 Å². The van der Waals surface area contributed by atoms with Gasteiger partial charge in [-0.05, 0) is 17.9 Å². The minimum Gasteiger partial charge on any atom is -0.486 e. The Morgan fingerprint density at radius 1 is 1.31 bits per heavy atom. The molecule has 0 fully saturated rings. The predicted molar refractivity (Wildman–Crippen MR) is 63.7 cm³/mol. The lowest BCUT2D eigenvalue weighted by Gasteiger charge is -2.08. The fourth-order valence-corrected chi connectivity index (χ4v) is 2.06. The van der Waals surface area contributed by atoms with Gasteiger partial charge in [0.15, 0.2) is 0 Å².